The first-order valence-electron chi connectivity index (χ1n) is 8.72. The van der Waals surface area contributed by atoms with Gasteiger partial charge >= 0.3 is 0 Å². The van der Waals surface area contributed by atoms with Gasteiger partial charge in [-0.2, -0.15) is 0 Å². The largest absolute Gasteiger partial charge is 0.325 e. The Morgan fingerprint density at radius 3 is 2.08 bits per heavy atom. The van der Waals surface area contributed by atoms with Crippen molar-refractivity contribution in [2.24, 2.45) is 0 Å². The minimum Gasteiger partial charge on any atom is -0.325 e. The van der Waals surface area contributed by atoms with E-state index in [1.54, 1.807) is 29.2 Å². The standard InChI is InChI=1S/C19H23ClN2O2S/c20-18-6-8-19(9-7-18)25(23,24)15-14-21-10-12-22(13-11-21)16-17-4-2-1-3-5-17/h1-9H,10-16H2/p+2. The lowest BCUT2D eigenvalue weighted by Gasteiger charge is -2.29. The van der Waals surface area contributed by atoms with Gasteiger partial charge in [-0.05, 0) is 24.3 Å². The summed E-state index contributed by atoms with van der Waals surface area (Å²) in [5.74, 6) is 0.192. The van der Waals surface area contributed by atoms with Crippen LogP contribution in [0, 0.1) is 0 Å². The summed E-state index contributed by atoms with van der Waals surface area (Å²) >= 11 is 5.83. The average Bonchev–Trinajstić information content (AvgIpc) is 2.62. The van der Waals surface area contributed by atoms with Crippen molar-refractivity contribution in [3.05, 3.63) is 65.2 Å². The molecule has 2 aromatic rings. The van der Waals surface area contributed by atoms with Crippen molar-refractivity contribution in [1.82, 2.24) is 0 Å². The van der Waals surface area contributed by atoms with Crippen LogP contribution in [0.5, 0.6) is 0 Å². The van der Waals surface area contributed by atoms with Crippen LogP contribution >= 0.6 is 11.6 Å². The Balaban J connectivity index is 1.47. The summed E-state index contributed by atoms with van der Waals surface area (Å²) in [4.78, 5) is 3.33. The van der Waals surface area contributed by atoms with Crippen molar-refractivity contribution in [1.29, 1.82) is 0 Å². The molecular formula is C19H25ClN2O2S+2. The lowest BCUT2D eigenvalue weighted by molar-refractivity contribution is -1.02. The van der Waals surface area contributed by atoms with E-state index in [4.69, 9.17) is 11.6 Å². The van der Waals surface area contributed by atoms with Gasteiger partial charge in [0.05, 0.1) is 11.4 Å². The number of benzene rings is 2. The number of piperazine rings is 1. The Labute approximate surface area is 154 Å². The summed E-state index contributed by atoms with van der Waals surface area (Å²) in [6.07, 6.45) is 0. The number of sulfone groups is 1. The third kappa shape index (κ3) is 5.28. The second kappa shape index (κ2) is 8.32. The first-order chi connectivity index (χ1) is 12.0. The molecule has 0 bridgehead atoms. The zero-order valence-corrected chi connectivity index (χ0v) is 15.8. The van der Waals surface area contributed by atoms with Gasteiger partial charge in [0.2, 0.25) is 0 Å². The topological polar surface area (TPSA) is 43.0 Å². The molecule has 0 amide bonds. The highest BCUT2D eigenvalue weighted by Gasteiger charge is 2.25. The lowest BCUT2D eigenvalue weighted by atomic mass is 10.2. The van der Waals surface area contributed by atoms with Crippen LogP contribution in [0.4, 0.5) is 0 Å². The van der Waals surface area contributed by atoms with E-state index in [9.17, 15) is 8.42 Å². The SMILES string of the molecule is O=S(=O)(CC[NH+]1CC[NH+](Cc2ccccc2)CC1)c1ccc(Cl)cc1. The first kappa shape index (κ1) is 18.4. The highest BCUT2D eigenvalue weighted by molar-refractivity contribution is 7.91. The van der Waals surface area contributed by atoms with E-state index in [1.807, 2.05) is 6.07 Å². The normalized spacial score (nSPS) is 21.2. The molecule has 0 unspecified atom stereocenters. The summed E-state index contributed by atoms with van der Waals surface area (Å²) < 4.78 is 24.9. The molecule has 0 saturated carbocycles. The van der Waals surface area contributed by atoms with Gasteiger partial charge in [-0.1, -0.05) is 41.9 Å². The van der Waals surface area contributed by atoms with Crippen LogP contribution < -0.4 is 9.80 Å². The van der Waals surface area contributed by atoms with Gasteiger partial charge in [-0.25, -0.2) is 8.42 Å². The monoisotopic (exact) mass is 380 g/mol. The molecule has 6 heteroatoms. The molecule has 1 saturated heterocycles. The van der Waals surface area contributed by atoms with Crippen LogP contribution in [0.2, 0.25) is 5.02 Å². The summed E-state index contributed by atoms with van der Waals surface area (Å²) in [7, 11) is -3.22. The summed E-state index contributed by atoms with van der Waals surface area (Å²) in [6.45, 7) is 5.95. The van der Waals surface area contributed by atoms with Crippen LogP contribution in [-0.2, 0) is 16.4 Å². The molecule has 0 radical (unpaired) electrons. The zero-order chi connectivity index (χ0) is 17.7. The van der Waals surface area contributed by atoms with Crippen LogP contribution in [0.1, 0.15) is 5.56 Å². The average molecular weight is 381 g/mol. The van der Waals surface area contributed by atoms with Crippen LogP contribution in [0.25, 0.3) is 0 Å². The Bertz CT molecular complexity index is 771. The third-order valence-electron chi connectivity index (χ3n) is 4.86. The van der Waals surface area contributed by atoms with Crippen molar-refractivity contribution in [3.8, 4) is 0 Å². The van der Waals surface area contributed by atoms with E-state index < -0.39 is 9.84 Å². The Morgan fingerprint density at radius 1 is 0.840 bits per heavy atom. The van der Waals surface area contributed by atoms with E-state index in [-0.39, 0.29) is 5.75 Å². The van der Waals surface area contributed by atoms with E-state index >= 15 is 0 Å². The predicted molar refractivity (Wildman–Crippen MR) is 99.9 cm³/mol. The zero-order valence-electron chi connectivity index (χ0n) is 14.2. The van der Waals surface area contributed by atoms with Crippen molar-refractivity contribution in [2.45, 2.75) is 11.4 Å². The number of hydrogen-bond donors (Lipinski definition) is 2. The molecule has 0 aliphatic carbocycles. The second-order valence-electron chi connectivity index (χ2n) is 6.69. The van der Waals surface area contributed by atoms with Gasteiger partial charge in [0, 0.05) is 10.6 Å². The quantitative estimate of drug-likeness (QED) is 0.746. The second-order valence-corrected chi connectivity index (χ2v) is 9.23. The summed E-state index contributed by atoms with van der Waals surface area (Å²) in [6, 6.07) is 17.0. The lowest BCUT2D eigenvalue weighted by Crippen LogP contribution is -3.27. The van der Waals surface area contributed by atoms with Crippen molar-refractivity contribution >= 4 is 21.4 Å². The maximum atomic E-state index is 12.4. The number of rotatable bonds is 6. The fourth-order valence-electron chi connectivity index (χ4n) is 3.31. The molecule has 3 rings (SSSR count). The van der Waals surface area contributed by atoms with E-state index in [0.717, 1.165) is 32.7 Å². The molecule has 0 aromatic heterocycles. The minimum absolute atomic E-state index is 0.192. The van der Waals surface area contributed by atoms with Gasteiger partial charge in [0.25, 0.3) is 0 Å². The molecular weight excluding hydrogens is 356 g/mol. The van der Waals surface area contributed by atoms with Gasteiger partial charge in [-0.3, -0.25) is 0 Å². The van der Waals surface area contributed by atoms with E-state index in [1.165, 1.54) is 10.5 Å². The molecule has 1 heterocycles. The molecule has 25 heavy (non-hydrogen) atoms. The highest BCUT2D eigenvalue weighted by Crippen LogP contribution is 2.14. The van der Waals surface area contributed by atoms with E-state index in [2.05, 4.69) is 24.3 Å². The number of nitrogens with one attached hydrogen (secondary N) is 2. The van der Waals surface area contributed by atoms with Crippen molar-refractivity contribution < 1.29 is 18.2 Å². The molecule has 2 N–H and O–H groups in total. The van der Waals surface area contributed by atoms with Crippen LogP contribution in [0.3, 0.4) is 0 Å². The smallest absolute Gasteiger partial charge is 0.183 e. The first-order valence-corrected chi connectivity index (χ1v) is 10.8. The third-order valence-corrected chi connectivity index (χ3v) is 6.84. The number of halogens is 1. The van der Waals surface area contributed by atoms with Crippen LogP contribution in [-0.4, -0.2) is 46.9 Å². The molecule has 2 aromatic carbocycles. The molecule has 0 spiro atoms. The minimum atomic E-state index is -3.22. The van der Waals surface area contributed by atoms with Crippen LogP contribution in [0.15, 0.2) is 59.5 Å². The van der Waals surface area contributed by atoms with Gasteiger partial charge in [0.1, 0.15) is 38.5 Å². The highest BCUT2D eigenvalue weighted by atomic mass is 35.5. The molecule has 0 atom stereocenters. The molecule has 134 valence electrons. The fraction of sp³-hybridized carbons (Fsp3) is 0.368. The maximum Gasteiger partial charge on any atom is 0.183 e. The van der Waals surface area contributed by atoms with Crippen molar-refractivity contribution in [2.75, 3.05) is 38.5 Å². The van der Waals surface area contributed by atoms with E-state index in [0.29, 0.717) is 16.5 Å². The molecule has 4 nitrogen and oxygen atoms in total. The number of quaternary nitrogens is 2. The Morgan fingerprint density at radius 2 is 1.44 bits per heavy atom. The van der Waals surface area contributed by atoms with Gasteiger partial charge in [-0.15, -0.1) is 0 Å². The Hall–Kier alpha value is -1.40. The fourth-order valence-corrected chi connectivity index (χ4v) is 4.78. The summed E-state index contributed by atoms with van der Waals surface area (Å²) in [5.41, 5.74) is 1.37. The molecule has 1 aliphatic heterocycles. The number of hydrogen-bond acceptors (Lipinski definition) is 2. The van der Waals surface area contributed by atoms with Gasteiger partial charge < -0.3 is 9.80 Å². The van der Waals surface area contributed by atoms with Crippen molar-refractivity contribution in [3.63, 3.8) is 0 Å². The molecule has 1 fully saturated rings. The maximum absolute atomic E-state index is 12.4. The van der Waals surface area contributed by atoms with Gasteiger partial charge in [0.15, 0.2) is 9.84 Å². The predicted octanol–water partition coefficient (Wildman–Crippen LogP) is 0.0973. The Kier molecular flexibility index (Phi) is 6.12. The molecule has 1 aliphatic rings. The summed E-state index contributed by atoms with van der Waals surface area (Å²) in [5, 5.41) is 0.557.